The van der Waals surface area contributed by atoms with Crippen LogP contribution in [-0.4, -0.2) is 18.2 Å². The zero-order valence-corrected chi connectivity index (χ0v) is 10.4. The third kappa shape index (κ3) is 2.79. The number of hydrazine groups is 1. The standard InChI is InChI=1S/C11H19N3OS/c1-8-11(16-7-13-8)10(14-12)6-9-2-4-15-5-3-9/h7,9-10,14H,2-6,12H2,1H3. The van der Waals surface area contributed by atoms with Gasteiger partial charge in [0.2, 0.25) is 0 Å². The van der Waals surface area contributed by atoms with E-state index in [1.165, 1.54) is 4.88 Å². The Labute approximate surface area is 100 Å². The molecule has 0 saturated carbocycles. The molecule has 90 valence electrons. The molecule has 2 rings (SSSR count). The molecule has 0 aliphatic carbocycles. The number of ether oxygens (including phenoxy) is 1. The lowest BCUT2D eigenvalue weighted by Crippen LogP contribution is -2.31. The topological polar surface area (TPSA) is 60.2 Å². The molecule has 1 aromatic rings. The third-order valence-corrected chi connectivity index (χ3v) is 4.25. The van der Waals surface area contributed by atoms with Crippen molar-refractivity contribution in [2.75, 3.05) is 13.2 Å². The van der Waals surface area contributed by atoms with Gasteiger partial charge in [-0.2, -0.15) is 0 Å². The van der Waals surface area contributed by atoms with Crippen molar-refractivity contribution < 1.29 is 4.74 Å². The minimum atomic E-state index is 0.246. The molecule has 1 atom stereocenters. The molecule has 1 aliphatic heterocycles. The fourth-order valence-corrected chi connectivity index (χ4v) is 3.09. The van der Waals surface area contributed by atoms with E-state index in [0.29, 0.717) is 0 Å². The van der Waals surface area contributed by atoms with E-state index in [0.717, 1.165) is 44.1 Å². The van der Waals surface area contributed by atoms with Crippen molar-refractivity contribution in [2.45, 2.75) is 32.2 Å². The van der Waals surface area contributed by atoms with Crippen LogP contribution in [0, 0.1) is 12.8 Å². The highest BCUT2D eigenvalue weighted by Crippen LogP contribution is 2.30. The van der Waals surface area contributed by atoms with Crippen molar-refractivity contribution in [3.8, 4) is 0 Å². The number of thiazole rings is 1. The van der Waals surface area contributed by atoms with Crippen molar-refractivity contribution >= 4 is 11.3 Å². The molecule has 1 fully saturated rings. The van der Waals surface area contributed by atoms with E-state index in [4.69, 9.17) is 10.6 Å². The molecule has 1 aliphatic rings. The lowest BCUT2D eigenvalue weighted by molar-refractivity contribution is 0.0606. The number of nitrogens with zero attached hydrogens (tertiary/aromatic N) is 1. The minimum absolute atomic E-state index is 0.246. The van der Waals surface area contributed by atoms with E-state index in [9.17, 15) is 0 Å². The van der Waals surface area contributed by atoms with Gasteiger partial charge >= 0.3 is 0 Å². The molecule has 1 saturated heterocycles. The quantitative estimate of drug-likeness (QED) is 0.623. The Hall–Kier alpha value is -0.490. The largest absolute Gasteiger partial charge is 0.381 e. The van der Waals surface area contributed by atoms with Gasteiger partial charge in [-0.1, -0.05) is 0 Å². The molecule has 0 amide bonds. The monoisotopic (exact) mass is 241 g/mol. The summed E-state index contributed by atoms with van der Waals surface area (Å²) >= 11 is 1.69. The number of hydrogen-bond donors (Lipinski definition) is 2. The molecule has 2 heterocycles. The fourth-order valence-electron chi connectivity index (χ4n) is 2.21. The average Bonchev–Trinajstić information content (AvgIpc) is 2.74. The van der Waals surface area contributed by atoms with Crippen molar-refractivity contribution in [1.82, 2.24) is 10.4 Å². The van der Waals surface area contributed by atoms with Gasteiger partial charge < -0.3 is 4.74 Å². The summed E-state index contributed by atoms with van der Waals surface area (Å²) in [4.78, 5) is 5.55. The van der Waals surface area contributed by atoms with Crippen LogP contribution in [-0.2, 0) is 4.74 Å². The van der Waals surface area contributed by atoms with Crippen LogP contribution < -0.4 is 11.3 Å². The summed E-state index contributed by atoms with van der Waals surface area (Å²) in [6.45, 7) is 3.83. The third-order valence-electron chi connectivity index (χ3n) is 3.21. The normalized spacial score (nSPS) is 19.9. The Morgan fingerprint density at radius 2 is 2.38 bits per heavy atom. The van der Waals surface area contributed by atoms with Crippen LogP contribution in [0.15, 0.2) is 5.51 Å². The minimum Gasteiger partial charge on any atom is -0.381 e. The maximum atomic E-state index is 5.65. The predicted octanol–water partition coefficient (Wildman–Crippen LogP) is 1.77. The highest BCUT2D eigenvalue weighted by atomic mass is 32.1. The first-order valence-electron chi connectivity index (χ1n) is 5.75. The summed E-state index contributed by atoms with van der Waals surface area (Å²) < 4.78 is 5.37. The second-order valence-corrected chi connectivity index (χ2v) is 5.20. The first kappa shape index (κ1) is 12.0. The predicted molar refractivity (Wildman–Crippen MR) is 65.1 cm³/mol. The van der Waals surface area contributed by atoms with E-state index in [1.54, 1.807) is 11.3 Å². The van der Waals surface area contributed by atoms with E-state index in [1.807, 2.05) is 12.4 Å². The Balaban J connectivity index is 1.97. The summed E-state index contributed by atoms with van der Waals surface area (Å²) in [6.07, 6.45) is 3.38. The number of nitrogens with two attached hydrogens (primary N) is 1. The van der Waals surface area contributed by atoms with Crippen LogP contribution in [0.5, 0.6) is 0 Å². The molecule has 3 N–H and O–H groups in total. The highest BCUT2D eigenvalue weighted by molar-refractivity contribution is 7.09. The molecule has 0 radical (unpaired) electrons. The van der Waals surface area contributed by atoms with Crippen molar-refractivity contribution in [3.05, 3.63) is 16.1 Å². The van der Waals surface area contributed by atoms with Gasteiger partial charge in [0.05, 0.1) is 17.2 Å². The molecule has 0 aromatic carbocycles. The Kier molecular flexibility index (Phi) is 4.29. The van der Waals surface area contributed by atoms with Crippen LogP contribution in [0.25, 0.3) is 0 Å². The summed E-state index contributed by atoms with van der Waals surface area (Å²) in [5.41, 5.74) is 5.91. The summed E-state index contributed by atoms with van der Waals surface area (Å²) in [6, 6.07) is 0.246. The van der Waals surface area contributed by atoms with Crippen LogP contribution in [0.4, 0.5) is 0 Å². The van der Waals surface area contributed by atoms with Gasteiger partial charge in [0, 0.05) is 18.1 Å². The van der Waals surface area contributed by atoms with Gasteiger partial charge in [0.15, 0.2) is 0 Å². The van der Waals surface area contributed by atoms with E-state index in [2.05, 4.69) is 10.4 Å². The smallest absolute Gasteiger partial charge is 0.0798 e. The second-order valence-electron chi connectivity index (χ2n) is 4.31. The van der Waals surface area contributed by atoms with E-state index < -0.39 is 0 Å². The average molecular weight is 241 g/mol. The van der Waals surface area contributed by atoms with Crippen LogP contribution in [0.1, 0.15) is 35.9 Å². The van der Waals surface area contributed by atoms with Crippen LogP contribution in [0.3, 0.4) is 0 Å². The highest BCUT2D eigenvalue weighted by Gasteiger charge is 2.21. The van der Waals surface area contributed by atoms with Gasteiger partial charge in [-0.3, -0.25) is 11.3 Å². The van der Waals surface area contributed by atoms with Gasteiger partial charge in [0.25, 0.3) is 0 Å². The lowest BCUT2D eigenvalue weighted by atomic mass is 9.92. The molecular weight excluding hydrogens is 222 g/mol. The number of aromatic nitrogens is 1. The van der Waals surface area contributed by atoms with Crippen molar-refractivity contribution in [3.63, 3.8) is 0 Å². The first-order chi connectivity index (χ1) is 7.81. The molecular formula is C11H19N3OS. The number of hydrogen-bond acceptors (Lipinski definition) is 5. The number of rotatable bonds is 4. The molecule has 1 unspecified atom stereocenters. The van der Waals surface area contributed by atoms with Crippen molar-refractivity contribution in [1.29, 1.82) is 0 Å². The maximum absolute atomic E-state index is 5.65. The Morgan fingerprint density at radius 1 is 1.62 bits per heavy atom. The molecule has 0 bridgehead atoms. The van der Waals surface area contributed by atoms with E-state index in [-0.39, 0.29) is 6.04 Å². The number of nitrogens with one attached hydrogen (secondary N) is 1. The van der Waals surface area contributed by atoms with Crippen molar-refractivity contribution in [2.24, 2.45) is 11.8 Å². The van der Waals surface area contributed by atoms with Gasteiger partial charge in [-0.05, 0) is 32.1 Å². The molecule has 4 nitrogen and oxygen atoms in total. The Morgan fingerprint density at radius 3 is 2.94 bits per heavy atom. The zero-order valence-electron chi connectivity index (χ0n) is 9.61. The van der Waals surface area contributed by atoms with E-state index >= 15 is 0 Å². The molecule has 1 aromatic heterocycles. The van der Waals surface area contributed by atoms with Gasteiger partial charge in [-0.15, -0.1) is 11.3 Å². The Bertz CT molecular complexity index is 323. The first-order valence-corrected chi connectivity index (χ1v) is 6.63. The van der Waals surface area contributed by atoms with Gasteiger partial charge in [0.1, 0.15) is 0 Å². The van der Waals surface area contributed by atoms with Crippen LogP contribution in [0.2, 0.25) is 0 Å². The maximum Gasteiger partial charge on any atom is 0.0798 e. The fraction of sp³-hybridized carbons (Fsp3) is 0.727. The molecule has 5 heteroatoms. The summed E-state index contributed by atoms with van der Waals surface area (Å²) in [7, 11) is 0. The molecule has 16 heavy (non-hydrogen) atoms. The lowest BCUT2D eigenvalue weighted by Gasteiger charge is -2.26. The summed E-state index contributed by atoms with van der Waals surface area (Å²) in [5.74, 6) is 6.37. The number of aryl methyl sites for hydroxylation is 1. The zero-order chi connectivity index (χ0) is 11.4. The SMILES string of the molecule is Cc1ncsc1C(CC1CCOCC1)NN. The van der Waals surface area contributed by atoms with Gasteiger partial charge in [-0.25, -0.2) is 4.98 Å². The molecule has 0 spiro atoms. The summed E-state index contributed by atoms with van der Waals surface area (Å²) in [5, 5.41) is 0. The van der Waals surface area contributed by atoms with Crippen LogP contribution >= 0.6 is 11.3 Å². The second kappa shape index (κ2) is 5.72.